The second kappa shape index (κ2) is 9.43. The number of hydrogen-bond donors (Lipinski definition) is 2. The van der Waals surface area contributed by atoms with E-state index in [9.17, 15) is 4.79 Å². The molecule has 4 nitrogen and oxygen atoms in total. The number of carbonyl (C=O) groups is 1. The minimum atomic E-state index is -0.204. The van der Waals surface area contributed by atoms with Gasteiger partial charge in [0.05, 0.1) is 31.2 Å². The van der Waals surface area contributed by atoms with Gasteiger partial charge in [-0.2, -0.15) is 12.6 Å². The lowest BCUT2D eigenvalue weighted by Gasteiger charge is -2.29. The number of nitrogens with one attached hydrogen (secondary N) is 1. The van der Waals surface area contributed by atoms with Gasteiger partial charge < -0.3 is 14.5 Å². The molecule has 0 radical (unpaired) electrons. The highest BCUT2D eigenvalue weighted by atomic mass is 35.5. The van der Waals surface area contributed by atoms with E-state index in [-0.39, 0.29) is 12.5 Å². The summed E-state index contributed by atoms with van der Waals surface area (Å²) in [5.74, 6) is 1.25. The number of fused-ring (bicyclic) bond motifs is 1. The van der Waals surface area contributed by atoms with Crippen molar-refractivity contribution in [1.29, 1.82) is 0 Å². The van der Waals surface area contributed by atoms with E-state index in [1.807, 2.05) is 12.1 Å². The van der Waals surface area contributed by atoms with Crippen molar-refractivity contribution in [1.82, 2.24) is 0 Å². The summed E-state index contributed by atoms with van der Waals surface area (Å²) in [7, 11) is 4.43. The van der Waals surface area contributed by atoms with Crippen molar-refractivity contribution >= 4 is 53.5 Å². The molecule has 0 bridgehead atoms. The molecular weight excluding hydrogens is 427 g/mol. The van der Waals surface area contributed by atoms with E-state index in [1.165, 1.54) is 5.56 Å². The smallest absolute Gasteiger partial charge is 0.255 e. The molecule has 154 valence electrons. The van der Waals surface area contributed by atoms with Crippen LogP contribution in [0.1, 0.15) is 17.5 Å². The number of nitrogens with zero attached hydrogens (tertiary/aromatic N) is 1. The number of quaternary nitrogens is 1. The second-order valence-corrected chi connectivity index (χ2v) is 9.10. The molecule has 7 heteroatoms. The van der Waals surface area contributed by atoms with Crippen molar-refractivity contribution < 1.29 is 14.0 Å². The highest BCUT2D eigenvalue weighted by Crippen LogP contribution is 2.36. The molecule has 1 aliphatic heterocycles. The van der Waals surface area contributed by atoms with Crippen LogP contribution in [0.4, 0.5) is 5.69 Å². The zero-order valence-electron chi connectivity index (χ0n) is 16.5. The zero-order chi connectivity index (χ0) is 21.0. The van der Waals surface area contributed by atoms with Crippen LogP contribution in [0.2, 0.25) is 10.0 Å². The maximum Gasteiger partial charge on any atom is 0.255 e. The van der Waals surface area contributed by atoms with Crippen molar-refractivity contribution in [2.24, 2.45) is 0 Å². The highest BCUT2D eigenvalue weighted by Gasteiger charge is 2.20. The Morgan fingerprint density at radius 3 is 2.62 bits per heavy atom. The van der Waals surface area contributed by atoms with Crippen LogP contribution < -0.4 is 10.1 Å². The van der Waals surface area contributed by atoms with Gasteiger partial charge in [-0.05, 0) is 36.1 Å². The number of amides is 1. The average molecular weight is 452 g/mol. The van der Waals surface area contributed by atoms with Gasteiger partial charge in [-0.15, -0.1) is 0 Å². The maximum absolute atomic E-state index is 12.6. The first kappa shape index (κ1) is 22.0. The standard InChI is InChI=1S/C22H24Cl2N2O2S/c1-26(2,8-3-9-29)13-15-4-6-19(7-5-15)25-22(27)17-10-16-11-18(23)12-20(24)21(16)28-14-17/h4-7,10-12H,3,8-9,13-14H2,1-2H3,(H-,25,27,29)/p+1. The van der Waals surface area contributed by atoms with Crippen molar-refractivity contribution in [3.63, 3.8) is 0 Å². The summed E-state index contributed by atoms with van der Waals surface area (Å²) >= 11 is 16.5. The molecule has 0 atom stereocenters. The molecule has 1 amide bonds. The summed E-state index contributed by atoms with van der Waals surface area (Å²) in [4.78, 5) is 12.6. The first-order valence-corrected chi connectivity index (χ1v) is 10.8. The van der Waals surface area contributed by atoms with Crippen molar-refractivity contribution in [3.8, 4) is 5.75 Å². The third-order valence-corrected chi connectivity index (χ3v) is 5.59. The quantitative estimate of drug-likeness (QED) is 0.442. The van der Waals surface area contributed by atoms with Crippen molar-refractivity contribution in [2.45, 2.75) is 13.0 Å². The monoisotopic (exact) mass is 451 g/mol. The molecule has 3 rings (SSSR count). The normalized spacial score (nSPS) is 13.3. The van der Waals surface area contributed by atoms with Gasteiger partial charge in [0, 0.05) is 28.3 Å². The van der Waals surface area contributed by atoms with Gasteiger partial charge in [-0.3, -0.25) is 4.79 Å². The number of ether oxygens (including phenoxy) is 1. The topological polar surface area (TPSA) is 38.3 Å². The maximum atomic E-state index is 12.6. The summed E-state index contributed by atoms with van der Waals surface area (Å²) in [6.07, 6.45) is 2.85. The fraction of sp³-hybridized carbons (Fsp3) is 0.318. The minimum absolute atomic E-state index is 0.162. The molecule has 2 aromatic carbocycles. The molecule has 0 unspecified atom stereocenters. The first-order valence-electron chi connectivity index (χ1n) is 9.43. The van der Waals surface area contributed by atoms with E-state index in [1.54, 1.807) is 18.2 Å². The Kier molecular flexibility index (Phi) is 7.17. The van der Waals surface area contributed by atoms with E-state index >= 15 is 0 Å². The number of anilines is 1. The third-order valence-electron chi connectivity index (χ3n) is 4.77. The lowest BCUT2D eigenvalue weighted by Crippen LogP contribution is -2.39. The molecule has 1 aliphatic rings. The van der Waals surface area contributed by atoms with Crippen molar-refractivity contribution in [2.75, 3.05) is 38.3 Å². The summed E-state index contributed by atoms with van der Waals surface area (Å²) in [5.41, 5.74) is 3.20. The van der Waals surface area contributed by atoms with Crippen LogP contribution in [-0.2, 0) is 11.3 Å². The van der Waals surface area contributed by atoms with E-state index < -0.39 is 0 Å². The molecule has 1 N–H and O–H groups in total. The molecule has 0 aromatic heterocycles. The first-order chi connectivity index (χ1) is 13.8. The molecule has 0 spiro atoms. The van der Waals surface area contributed by atoms with Gasteiger partial charge in [0.15, 0.2) is 0 Å². The minimum Gasteiger partial charge on any atom is -0.486 e. The van der Waals surface area contributed by atoms with Crippen LogP contribution in [0, 0.1) is 0 Å². The zero-order valence-corrected chi connectivity index (χ0v) is 19.0. The third kappa shape index (κ3) is 5.92. The number of hydrogen-bond acceptors (Lipinski definition) is 3. The van der Waals surface area contributed by atoms with Crippen LogP contribution in [0.15, 0.2) is 42.0 Å². The second-order valence-electron chi connectivity index (χ2n) is 7.81. The van der Waals surface area contributed by atoms with E-state index in [0.29, 0.717) is 26.9 Å². The molecule has 0 saturated carbocycles. The SMILES string of the molecule is C[N+](C)(CCCS)Cc1ccc(NC(=O)C2=Cc3cc(Cl)cc(Cl)c3OC2)cc1. The number of rotatable bonds is 7. The van der Waals surface area contributed by atoms with Crippen LogP contribution in [0.5, 0.6) is 5.75 Å². The Labute approximate surface area is 187 Å². The van der Waals surface area contributed by atoms with Crippen LogP contribution in [-0.4, -0.2) is 43.4 Å². The summed E-state index contributed by atoms with van der Waals surface area (Å²) in [6.45, 7) is 2.17. The Balaban J connectivity index is 1.66. The molecule has 0 aliphatic carbocycles. The van der Waals surface area contributed by atoms with Crippen LogP contribution in [0.25, 0.3) is 6.08 Å². The van der Waals surface area contributed by atoms with Gasteiger partial charge in [0.2, 0.25) is 0 Å². The van der Waals surface area contributed by atoms with Crippen molar-refractivity contribution in [3.05, 3.63) is 63.1 Å². The Hall–Kier alpha value is -1.66. The fourth-order valence-corrected chi connectivity index (χ4v) is 4.03. The molecule has 0 saturated heterocycles. The Morgan fingerprint density at radius 2 is 1.93 bits per heavy atom. The van der Waals surface area contributed by atoms with Gasteiger partial charge in [0.1, 0.15) is 18.9 Å². The largest absolute Gasteiger partial charge is 0.486 e. The molecule has 29 heavy (non-hydrogen) atoms. The molecule has 2 aromatic rings. The average Bonchev–Trinajstić information content (AvgIpc) is 2.67. The van der Waals surface area contributed by atoms with E-state index in [0.717, 1.165) is 35.4 Å². The Bertz CT molecular complexity index is 927. The lowest BCUT2D eigenvalue weighted by atomic mass is 10.1. The van der Waals surface area contributed by atoms with Crippen LogP contribution in [0.3, 0.4) is 0 Å². The number of carbonyl (C=O) groups excluding carboxylic acids is 1. The molecular formula is C22H25Cl2N2O2S+. The molecule has 1 heterocycles. The van der Waals surface area contributed by atoms with Gasteiger partial charge in [0.25, 0.3) is 5.91 Å². The number of halogens is 2. The van der Waals surface area contributed by atoms with Crippen LogP contribution >= 0.6 is 35.8 Å². The predicted octanol–water partition coefficient (Wildman–Crippen LogP) is 5.30. The lowest BCUT2D eigenvalue weighted by molar-refractivity contribution is -0.903. The number of benzene rings is 2. The summed E-state index contributed by atoms with van der Waals surface area (Å²) in [6, 6.07) is 11.3. The summed E-state index contributed by atoms with van der Waals surface area (Å²) < 4.78 is 6.56. The molecule has 0 fully saturated rings. The Morgan fingerprint density at radius 1 is 1.21 bits per heavy atom. The predicted molar refractivity (Wildman–Crippen MR) is 124 cm³/mol. The summed E-state index contributed by atoms with van der Waals surface area (Å²) in [5, 5.41) is 3.87. The fourth-order valence-electron chi connectivity index (χ4n) is 3.33. The highest BCUT2D eigenvalue weighted by molar-refractivity contribution is 7.80. The van der Waals surface area contributed by atoms with Gasteiger partial charge in [-0.1, -0.05) is 35.3 Å². The number of thiol groups is 1. The van der Waals surface area contributed by atoms with E-state index in [2.05, 4.69) is 44.2 Å². The van der Waals surface area contributed by atoms with Gasteiger partial charge >= 0.3 is 0 Å². The van der Waals surface area contributed by atoms with E-state index in [4.69, 9.17) is 27.9 Å². The van der Waals surface area contributed by atoms with Gasteiger partial charge in [-0.25, -0.2) is 0 Å².